The van der Waals surface area contributed by atoms with Crippen molar-refractivity contribution in [2.75, 3.05) is 0 Å². The molecule has 0 aliphatic heterocycles. The zero-order chi connectivity index (χ0) is 13.9. The van der Waals surface area contributed by atoms with Crippen LogP contribution < -0.4 is 0 Å². The second kappa shape index (κ2) is 5.41. The molecule has 1 N–H and O–H groups in total. The van der Waals surface area contributed by atoms with Crippen molar-refractivity contribution in [3.8, 4) is 0 Å². The van der Waals surface area contributed by atoms with Gasteiger partial charge in [0.15, 0.2) is 0 Å². The van der Waals surface area contributed by atoms with E-state index in [9.17, 15) is 9.90 Å². The number of carboxylic acid groups (broad SMARTS) is 1. The summed E-state index contributed by atoms with van der Waals surface area (Å²) in [5.41, 5.74) is -0.694. The summed E-state index contributed by atoms with van der Waals surface area (Å²) in [5.74, 6) is -0.648. The van der Waals surface area contributed by atoms with Crippen LogP contribution in [-0.2, 0) is 4.79 Å². The summed E-state index contributed by atoms with van der Waals surface area (Å²) in [5, 5.41) is 9.69. The summed E-state index contributed by atoms with van der Waals surface area (Å²) < 4.78 is 0. The maximum Gasteiger partial charge on any atom is 0.309 e. The van der Waals surface area contributed by atoms with Gasteiger partial charge in [-0.1, -0.05) is 48.0 Å². The maximum atomic E-state index is 11.8. The van der Waals surface area contributed by atoms with Crippen LogP contribution in [0.15, 0.2) is 0 Å². The maximum absolute atomic E-state index is 11.8. The van der Waals surface area contributed by atoms with Crippen LogP contribution in [0.25, 0.3) is 0 Å². The Kier molecular flexibility index (Phi) is 5.24. The van der Waals surface area contributed by atoms with Gasteiger partial charge in [-0.15, -0.1) is 0 Å². The van der Waals surface area contributed by atoms with Crippen molar-refractivity contribution in [1.29, 1.82) is 0 Å². The van der Waals surface area contributed by atoms with Crippen molar-refractivity contribution in [1.82, 2.24) is 0 Å². The fourth-order valence-corrected chi connectivity index (χ4v) is 2.66. The summed E-state index contributed by atoms with van der Waals surface area (Å²) in [6.45, 7) is 14.7. The van der Waals surface area contributed by atoms with E-state index in [1.807, 2.05) is 6.92 Å². The van der Waals surface area contributed by atoms with Gasteiger partial charge in [0.1, 0.15) is 0 Å². The Bertz CT molecular complexity index is 264. The molecule has 0 aromatic carbocycles. The highest BCUT2D eigenvalue weighted by Gasteiger charge is 2.50. The summed E-state index contributed by atoms with van der Waals surface area (Å²) in [6.07, 6.45) is 3.57. The fraction of sp³-hybridized carbons (Fsp3) is 0.933. The standard InChI is InChI=1S/C15H30O2/c1-8-13(4,5)11-15(7,12(16)17)14(6,9-2)10-3/h8-11H2,1-7H3,(H,16,17). The summed E-state index contributed by atoms with van der Waals surface area (Å²) >= 11 is 0. The molecule has 0 aromatic rings. The average Bonchev–Trinajstić information content (AvgIpc) is 2.26. The first kappa shape index (κ1) is 16.5. The van der Waals surface area contributed by atoms with E-state index in [1.165, 1.54) is 0 Å². The van der Waals surface area contributed by atoms with Crippen molar-refractivity contribution in [3.63, 3.8) is 0 Å². The minimum atomic E-state index is -0.648. The first-order valence-corrected chi connectivity index (χ1v) is 6.82. The Morgan fingerprint density at radius 3 is 1.59 bits per heavy atom. The predicted octanol–water partition coefficient (Wildman–Crippen LogP) is 4.73. The topological polar surface area (TPSA) is 37.3 Å². The molecule has 0 bridgehead atoms. The SMILES string of the molecule is CCC(C)(C)CC(C)(C(=O)O)C(C)(CC)CC. The molecule has 0 spiro atoms. The molecule has 1 unspecified atom stereocenters. The second-order valence-corrected chi connectivity index (χ2v) is 6.60. The van der Waals surface area contributed by atoms with Gasteiger partial charge in [0.25, 0.3) is 0 Å². The van der Waals surface area contributed by atoms with Crippen molar-refractivity contribution < 1.29 is 9.90 Å². The van der Waals surface area contributed by atoms with E-state index < -0.39 is 11.4 Å². The third kappa shape index (κ3) is 3.23. The minimum absolute atomic E-state index is 0.0821. The van der Waals surface area contributed by atoms with Crippen LogP contribution in [0.2, 0.25) is 0 Å². The predicted molar refractivity (Wildman–Crippen MR) is 73.1 cm³/mol. The van der Waals surface area contributed by atoms with Gasteiger partial charge in [-0.2, -0.15) is 0 Å². The number of carboxylic acids is 1. The van der Waals surface area contributed by atoms with Gasteiger partial charge in [-0.3, -0.25) is 4.79 Å². The molecule has 17 heavy (non-hydrogen) atoms. The molecular weight excluding hydrogens is 212 g/mol. The molecular formula is C15H30O2. The second-order valence-electron chi connectivity index (χ2n) is 6.60. The van der Waals surface area contributed by atoms with Gasteiger partial charge in [0.05, 0.1) is 5.41 Å². The molecule has 0 aromatic heterocycles. The van der Waals surface area contributed by atoms with Gasteiger partial charge in [-0.25, -0.2) is 0 Å². The first-order valence-electron chi connectivity index (χ1n) is 6.82. The third-order valence-electron chi connectivity index (χ3n) is 5.15. The van der Waals surface area contributed by atoms with Gasteiger partial charge in [-0.05, 0) is 37.0 Å². The molecule has 0 saturated carbocycles. The highest BCUT2D eigenvalue weighted by atomic mass is 16.4. The first-order chi connectivity index (χ1) is 7.58. The van der Waals surface area contributed by atoms with Gasteiger partial charge in [0, 0.05) is 0 Å². The van der Waals surface area contributed by atoms with E-state index in [4.69, 9.17) is 0 Å². The van der Waals surface area contributed by atoms with E-state index in [0.29, 0.717) is 0 Å². The Morgan fingerprint density at radius 2 is 1.35 bits per heavy atom. The fourth-order valence-electron chi connectivity index (χ4n) is 2.66. The van der Waals surface area contributed by atoms with Crippen molar-refractivity contribution in [2.45, 2.75) is 74.1 Å². The third-order valence-corrected chi connectivity index (χ3v) is 5.15. The lowest BCUT2D eigenvalue weighted by atomic mass is 9.57. The van der Waals surface area contributed by atoms with Crippen LogP contribution >= 0.6 is 0 Å². The lowest BCUT2D eigenvalue weighted by Gasteiger charge is -2.46. The monoisotopic (exact) mass is 242 g/mol. The molecule has 0 amide bonds. The highest BCUT2D eigenvalue weighted by Crippen LogP contribution is 2.51. The molecule has 2 heteroatoms. The molecule has 0 aliphatic rings. The van der Waals surface area contributed by atoms with Crippen LogP contribution in [-0.4, -0.2) is 11.1 Å². The van der Waals surface area contributed by atoms with Crippen LogP contribution in [0.4, 0.5) is 0 Å². The number of carbonyl (C=O) groups is 1. The summed E-state index contributed by atoms with van der Waals surface area (Å²) in [4.78, 5) is 11.8. The van der Waals surface area contributed by atoms with Crippen molar-refractivity contribution in [3.05, 3.63) is 0 Å². The molecule has 0 aliphatic carbocycles. The molecule has 2 nitrogen and oxygen atoms in total. The molecule has 0 saturated heterocycles. The normalized spacial score (nSPS) is 16.6. The molecule has 102 valence electrons. The lowest BCUT2D eigenvalue weighted by molar-refractivity contribution is -0.160. The summed E-state index contributed by atoms with van der Waals surface area (Å²) in [7, 11) is 0. The summed E-state index contributed by atoms with van der Waals surface area (Å²) in [6, 6.07) is 0. The Balaban J connectivity index is 5.39. The van der Waals surface area contributed by atoms with E-state index in [2.05, 4.69) is 41.5 Å². The van der Waals surface area contributed by atoms with E-state index in [-0.39, 0.29) is 10.8 Å². The minimum Gasteiger partial charge on any atom is -0.481 e. The Morgan fingerprint density at radius 1 is 0.941 bits per heavy atom. The van der Waals surface area contributed by atoms with Gasteiger partial charge in [0.2, 0.25) is 0 Å². The molecule has 1 atom stereocenters. The average molecular weight is 242 g/mol. The van der Waals surface area contributed by atoms with Crippen molar-refractivity contribution >= 4 is 5.97 Å². The molecule has 0 heterocycles. The largest absolute Gasteiger partial charge is 0.481 e. The highest BCUT2D eigenvalue weighted by molar-refractivity contribution is 5.75. The van der Waals surface area contributed by atoms with Crippen LogP contribution in [0.3, 0.4) is 0 Å². The zero-order valence-corrected chi connectivity index (χ0v) is 12.7. The van der Waals surface area contributed by atoms with Crippen molar-refractivity contribution in [2.24, 2.45) is 16.2 Å². The van der Waals surface area contributed by atoms with E-state index >= 15 is 0 Å². The zero-order valence-electron chi connectivity index (χ0n) is 12.7. The van der Waals surface area contributed by atoms with Crippen LogP contribution in [0, 0.1) is 16.2 Å². The number of hydrogen-bond donors (Lipinski definition) is 1. The smallest absolute Gasteiger partial charge is 0.309 e. The van der Waals surface area contributed by atoms with Gasteiger partial charge >= 0.3 is 5.97 Å². The molecule has 0 radical (unpaired) electrons. The Labute approximate surface area is 107 Å². The van der Waals surface area contributed by atoms with Gasteiger partial charge < -0.3 is 5.11 Å². The number of hydrogen-bond acceptors (Lipinski definition) is 1. The molecule has 0 fully saturated rings. The van der Waals surface area contributed by atoms with E-state index in [0.717, 1.165) is 25.7 Å². The van der Waals surface area contributed by atoms with Crippen LogP contribution in [0.5, 0.6) is 0 Å². The molecule has 0 rings (SSSR count). The number of aliphatic carboxylic acids is 1. The van der Waals surface area contributed by atoms with Crippen LogP contribution in [0.1, 0.15) is 74.1 Å². The Hall–Kier alpha value is -0.530. The lowest BCUT2D eigenvalue weighted by Crippen LogP contribution is -2.46. The number of rotatable bonds is 7. The van der Waals surface area contributed by atoms with E-state index in [1.54, 1.807) is 0 Å². The quantitative estimate of drug-likeness (QED) is 0.700.